The van der Waals surface area contributed by atoms with Gasteiger partial charge in [-0.15, -0.1) is 0 Å². The second-order valence-electron chi connectivity index (χ2n) is 33.1. The predicted molar refractivity (Wildman–Crippen MR) is 506 cm³/mol. The molecule has 7 fully saturated rings. The number of piperazine rings is 3. The van der Waals surface area contributed by atoms with E-state index in [-0.39, 0.29) is 12.7 Å². The summed E-state index contributed by atoms with van der Waals surface area (Å²) < 4.78 is 29.3. The first kappa shape index (κ1) is 85.1. The van der Waals surface area contributed by atoms with Crippen LogP contribution in [0.5, 0.6) is 0 Å². The average molecular weight is 1780 g/mol. The molecule has 19 heterocycles. The lowest BCUT2D eigenvalue weighted by Gasteiger charge is -2.43. The number of nitrogens with zero attached hydrogens (tertiary/aromatic N) is 27. The molecule has 40 nitrogen and oxygen atoms in total. The summed E-state index contributed by atoms with van der Waals surface area (Å²) in [7, 11) is 0. The maximum atomic E-state index is 9.36. The van der Waals surface area contributed by atoms with Crippen molar-refractivity contribution in [2.45, 2.75) is 38.1 Å². The minimum Gasteiger partial charge on any atom is -0.394 e. The summed E-state index contributed by atoms with van der Waals surface area (Å²) in [6.07, 6.45) is 31.1. The molecule has 0 bridgehead atoms. The first-order valence-corrected chi connectivity index (χ1v) is 44.1. The van der Waals surface area contributed by atoms with Crippen molar-refractivity contribution in [2.24, 2.45) is 0 Å². The maximum absolute atomic E-state index is 9.36. The molecule has 0 amide bonds. The van der Waals surface area contributed by atoms with Crippen LogP contribution < -0.4 is 63.8 Å². The molecule has 23 rings (SSSR count). The fraction of sp³-hybridized carbons (Fsp3) is 0.304. The largest absolute Gasteiger partial charge is 0.394 e. The third-order valence-electron chi connectivity index (χ3n) is 24.6. The van der Waals surface area contributed by atoms with E-state index < -0.39 is 0 Å². The minimum absolute atomic E-state index is 0.0237. The quantitative estimate of drug-likeness (QED) is 0.0345. The number of anilines is 16. The predicted octanol–water partition coefficient (Wildman–Crippen LogP) is 8.43. The number of nitrogen functional groups attached to an aromatic ring is 4. The number of aromatic nitrogens is 20. The highest BCUT2D eigenvalue weighted by Gasteiger charge is 2.33. The third kappa shape index (κ3) is 19.0. The lowest BCUT2D eigenvalue weighted by atomic mass is 10.1. The molecule has 1 atom stereocenters. The standard InChI is InChI=1S/2C24H27N9O.C23H25N9O.C21H22N8O2/c1-16-22(20-12-26-13-21(25)29-20)30-23(24-27-6-7-33(16)24)28-17-2-4-18(5-3-17)31-8-10-32(11-9-31)19-14-34-15-19;1-16-22(25)29-20(12-27-16)21-13-33-7-6-26-24(33)23(30-21)28-17-2-4-18(5-3-17)31-8-10-32(11-9-31)19-14-34-15-19;24-21-12-25-11-19(28-21)20-13-32-6-5-26-23(32)22(29-20)27-16-1-3-17(4-2-16)30-7-9-31(10-8-30)18-14-33-15-18;22-19-10-23-9-17(26-19)18-12-29-6-5-24-21(29)20(27-18)25-14-1-3-15(4-2-14)28-7-8-31-16(11-28)13-30/h2*2-7,12-13,19H,8-11,14-15H2,1H3,(H2,25,29)(H,28,30);1-6,11-13,18H,7-10,14-15H2,(H2,24,28)(H,27,29);1-6,9-10,12,16,30H,7-8,11,13H2,(H2,22,26)(H,25,27)/t;;;16-/m...1/s1. The Morgan fingerprint density at radius 1 is 0.356 bits per heavy atom. The van der Waals surface area contributed by atoms with Crippen LogP contribution in [-0.2, 0) is 18.9 Å². The number of ether oxygens (including phenoxy) is 4. The Kier molecular flexibility index (Phi) is 24.7. The lowest BCUT2D eigenvalue weighted by molar-refractivity contribution is -0.0660. The Bertz CT molecular complexity index is 6670. The number of hydrogen-bond donors (Lipinski definition) is 9. The van der Waals surface area contributed by atoms with Crippen LogP contribution in [0.25, 0.3) is 68.1 Å². The number of morpholine rings is 1. The number of aliphatic hydroxyl groups is 1. The molecule has 0 aliphatic carbocycles. The first-order chi connectivity index (χ1) is 64.7. The van der Waals surface area contributed by atoms with Gasteiger partial charge >= 0.3 is 0 Å². The monoisotopic (exact) mass is 1780 g/mol. The van der Waals surface area contributed by atoms with E-state index in [0.717, 1.165) is 176 Å². The number of aliphatic hydroxyl groups excluding tert-OH is 1. The second kappa shape index (κ2) is 38.3. The number of rotatable bonds is 20. The summed E-state index contributed by atoms with van der Waals surface area (Å²) in [5.41, 5.74) is 41.5. The molecule has 7 aliphatic heterocycles. The van der Waals surface area contributed by atoms with Crippen molar-refractivity contribution in [3.63, 3.8) is 0 Å². The Labute approximate surface area is 758 Å². The molecule has 7 saturated heterocycles. The van der Waals surface area contributed by atoms with Gasteiger partial charge in [0.1, 0.15) is 68.8 Å². The SMILES string of the molecule is Cc1c(-c2cncc(N)n2)nc(Nc2ccc(N3CCN(C4COC4)CC3)cc2)c2nccn12.Cc1ncc(-c2cn3ccnc3c(Nc3ccc(N4CCN(C5COC5)CC4)cc3)n2)nc1N.Nc1cncc(-c2cn3ccnc3c(Nc3ccc(N4CCN(C5COC5)CC4)cc3)n2)n1.Nc1cncc(-c2cn3ccnc3c(Nc3ccc(N4CCO[C@@H](CO)C4)cc3)n2)n1. The van der Waals surface area contributed by atoms with Gasteiger partial charge in [0, 0.05) is 211 Å². The molecule has 7 aliphatic rings. The maximum Gasteiger partial charge on any atom is 0.180 e. The van der Waals surface area contributed by atoms with E-state index in [1.165, 1.54) is 35.7 Å². The van der Waals surface area contributed by atoms with Crippen molar-refractivity contribution in [3.05, 3.63) is 220 Å². The summed E-state index contributed by atoms with van der Waals surface area (Å²) in [6, 6.07) is 35.3. The molecule has 0 radical (unpaired) electrons. The highest BCUT2D eigenvalue weighted by molar-refractivity contribution is 5.79. The van der Waals surface area contributed by atoms with Crippen molar-refractivity contribution in [1.29, 1.82) is 0 Å². The van der Waals surface area contributed by atoms with Crippen molar-refractivity contribution in [3.8, 4) is 45.6 Å². The molecule has 4 aromatic carbocycles. The number of nitrogens with two attached hydrogens (primary N) is 4. The van der Waals surface area contributed by atoms with E-state index in [2.05, 4.69) is 188 Å². The molecule has 12 aromatic heterocycles. The van der Waals surface area contributed by atoms with Gasteiger partial charge < -0.3 is 101 Å². The molecular weight excluding hydrogens is 1680 g/mol. The summed E-state index contributed by atoms with van der Waals surface area (Å²) in [4.78, 5) is 88.3. The Hall–Kier alpha value is -15.0. The summed E-state index contributed by atoms with van der Waals surface area (Å²) in [6.45, 7) is 23.8. The van der Waals surface area contributed by atoms with Gasteiger partial charge in [0.25, 0.3) is 0 Å². The molecule has 13 N–H and O–H groups in total. The van der Waals surface area contributed by atoms with E-state index in [1.54, 1.807) is 49.6 Å². The van der Waals surface area contributed by atoms with Crippen molar-refractivity contribution in [1.82, 2.24) is 112 Å². The van der Waals surface area contributed by atoms with Crippen LogP contribution >= 0.6 is 0 Å². The Morgan fingerprint density at radius 2 is 0.705 bits per heavy atom. The molecule has 0 unspecified atom stereocenters. The minimum atomic E-state index is -0.151. The second-order valence-corrected chi connectivity index (χ2v) is 33.1. The number of aryl methyl sites for hydroxylation is 2. The first-order valence-electron chi connectivity index (χ1n) is 44.1. The normalized spacial score (nSPS) is 17.0. The van der Waals surface area contributed by atoms with Crippen LogP contribution in [0, 0.1) is 13.8 Å². The third-order valence-corrected chi connectivity index (χ3v) is 24.6. The lowest BCUT2D eigenvalue weighted by Crippen LogP contribution is -2.56. The number of nitrogens with one attached hydrogen (secondary N) is 4. The van der Waals surface area contributed by atoms with Gasteiger partial charge in [0.15, 0.2) is 45.9 Å². The van der Waals surface area contributed by atoms with Crippen molar-refractivity contribution in [2.75, 3.05) is 208 Å². The summed E-state index contributed by atoms with van der Waals surface area (Å²) in [5.74, 6) is 3.99. The van der Waals surface area contributed by atoms with Crippen LogP contribution in [0.4, 0.5) is 92.0 Å². The molecule has 0 spiro atoms. The van der Waals surface area contributed by atoms with Crippen LogP contribution in [0.1, 0.15) is 11.4 Å². The molecule has 132 heavy (non-hydrogen) atoms. The van der Waals surface area contributed by atoms with E-state index in [9.17, 15) is 5.11 Å². The molecule has 40 heteroatoms. The van der Waals surface area contributed by atoms with Crippen molar-refractivity contribution >= 4 is 115 Å². The highest BCUT2D eigenvalue weighted by atomic mass is 16.5. The van der Waals surface area contributed by atoms with Crippen molar-refractivity contribution < 1.29 is 24.1 Å². The van der Waals surface area contributed by atoms with Crippen LogP contribution in [0.2, 0.25) is 0 Å². The van der Waals surface area contributed by atoms with E-state index >= 15 is 0 Å². The zero-order chi connectivity index (χ0) is 89.5. The number of benzene rings is 4. The molecular formula is C92H101N35O5. The van der Waals surface area contributed by atoms with Gasteiger partial charge in [-0.1, -0.05) is 0 Å². The number of hydrogen-bond acceptors (Lipinski definition) is 36. The van der Waals surface area contributed by atoms with Gasteiger partial charge in [0.2, 0.25) is 0 Å². The summed E-state index contributed by atoms with van der Waals surface area (Å²) in [5, 5.41) is 23.0. The van der Waals surface area contributed by atoms with Gasteiger partial charge in [-0.3, -0.25) is 39.0 Å². The topological polar surface area (TPSA) is 456 Å². The Morgan fingerprint density at radius 3 is 1.07 bits per heavy atom. The van der Waals surface area contributed by atoms with E-state index in [1.807, 2.05) is 99.1 Å². The van der Waals surface area contributed by atoms with Gasteiger partial charge in [0.05, 0.1) is 126 Å². The smallest absolute Gasteiger partial charge is 0.180 e. The molecule has 16 aromatic rings. The van der Waals surface area contributed by atoms with Crippen LogP contribution in [0.15, 0.2) is 209 Å². The van der Waals surface area contributed by atoms with E-state index in [4.69, 9.17) is 61.8 Å². The van der Waals surface area contributed by atoms with Gasteiger partial charge in [-0.25, -0.2) is 59.8 Å². The average Bonchev–Trinajstić information content (AvgIpc) is 1.52. The fourth-order valence-corrected chi connectivity index (χ4v) is 16.9. The molecule has 674 valence electrons. The van der Waals surface area contributed by atoms with Gasteiger partial charge in [-0.2, -0.15) is 0 Å². The van der Waals surface area contributed by atoms with E-state index in [0.29, 0.717) is 135 Å². The molecule has 0 saturated carbocycles. The number of fused-ring (bicyclic) bond motifs is 4. The zero-order valence-electron chi connectivity index (χ0n) is 73.0. The zero-order valence-corrected chi connectivity index (χ0v) is 73.0. The number of imidazole rings is 4. The van der Waals surface area contributed by atoms with Crippen LogP contribution in [0.3, 0.4) is 0 Å². The van der Waals surface area contributed by atoms with Crippen LogP contribution in [-0.4, -0.2) is 286 Å². The van der Waals surface area contributed by atoms with Gasteiger partial charge in [-0.05, 0) is 111 Å². The summed E-state index contributed by atoms with van der Waals surface area (Å²) >= 11 is 0. The highest BCUT2D eigenvalue weighted by Crippen LogP contribution is 2.35. The fourth-order valence-electron chi connectivity index (χ4n) is 16.9. The Balaban J connectivity index is 0.000000110.